The summed E-state index contributed by atoms with van der Waals surface area (Å²) in [7, 11) is 0. The van der Waals surface area contributed by atoms with E-state index in [1.54, 1.807) is 6.26 Å². The Kier molecular flexibility index (Phi) is 3.34. The summed E-state index contributed by atoms with van der Waals surface area (Å²) >= 11 is 0. The lowest BCUT2D eigenvalue weighted by Crippen LogP contribution is -2.21. The fraction of sp³-hybridized carbons (Fsp3) is 0.176. The molecule has 1 N–H and O–H groups in total. The van der Waals surface area contributed by atoms with Crippen LogP contribution in [0, 0.1) is 0 Å². The number of furan rings is 1. The molecule has 2 nitrogen and oxygen atoms in total. The molecule has 0 spiro atoms. The molecule has 1 unspecified atom stereocenters. The highest BCUT2D eigenvalue weighted by Gasteiger charge is 2.14. The zero-order valence-corrected chi connectivity index (χ0v) is 11.0. The first-order chi connectivity index (χ1) is 9.38. The fourth-order valence-corrected chi connectivity index (χ4v) is 2.46. The molecule has 2 aromatic carbocycles. The van der Waals surface area contributed by atoms with Crippen LogP contribution in [0.1, 0.15) is 24.1 Å². The van der Waals surface area contributed by atoms with Gasteiger partial charge in [-0.05, 0) is 35.0 Å². The lowest BCUT2D eigenvalue weighted by molar-refractivity contribution is 0.553. The molecule has 0 fully saturated rings. The number of benzene rings is 2. The summed E-state index contributed by atoms with van der Waals surface area (Å²) in [6, 6.07) is 17.2. The molecule has 19 heavy (non-hydrogen) atoms. The average molecular weight is 251 g/mol. The topological polar surface area (TPSA) is 25.2 Å². The maximum Gasteiger partial charge on any atom is 0.0953 e. The van der Waals surface area contributed by atoms with E-state index in [1.165, 1.54) is 16.3 Å². The van der Waals surface area contributed by atoms with Crippen molar-refractivity contribution in [3.05, 3.63) is 72.2 Å². The Labute approximate surface area is 113 Å². The van der Waals surface area contributed by atoms with E-state index in [1.807, 2.05) is 12.3 Å². The van der Waals surface area contributed by atoms with Gasteiger partial charge in [0.25, 0.3) is 0 Å². The van der Waals surface area contributed by atoms with Crippen molar-refractivity contribution in [2.45, 2.75) is 13.0 Å². The maximum absolute atomic E-state index is 5.21. The second kappa shape index (κ2) is 5.29. The summed E-state index contributed by atoms with van der Waals surface area (Å²) in [6.07, 6.45) is 3.53. The normalized spacial score (nSPS) is 12.7. The second-order valence-electron chi connectivity index (χ2n) is 4.65. The van der Waals surface area contributed by atoms with Crippen LogP contribution in [0.2, 0.25) is 0 Å². The van der Waals surface area contributed by atoms with Crippen LogP contribution >= 0.6 is 0 Å². The van der Waals surface area contributed by atoms with E-state index in [-0.39, 0.29) is 6.04 Å². The Morgan fingerprint density at radius 1 is 1.00 bits per heavy atom. The zero-order chi connectivity index (χ0) is 13.1. The molecule has 0 amide bonds. The Morgan fingerprint density at radius 3 is 2.58 bits per heavy atom. The van der Waals surface area contributed by atoms with Gasteiger partial charge in [0.15, 0.2) is 0 Å². The minimum Gasteiger partial charge on any atom is -0.472 e. The van der Waals surface area contributed by atoms with E-state index >= 15 is 0 Å². The smallest absolute Gasteiger partial charge is 0.0953 e. The van der Waals surface area contributed by atoms with Gasteiger partial charge in [-0.25, -0.2) is 0 Å². The van der Waals surface area contributed by atoms with Crippen LogP contribution in [0.5, 0.6) is 0 Å². The van der Waals surface area contributed by atoms with E-state index in [9.17, 15) is 0 Å². The minimum atomic E-state index is 0.188. The van der Waals surface area contributed by atoms with Gasteiger partial charge in [0.05, 0.1) is 18.6 Å². The highest BCUT2D eigenvalue weighted by molar-refractivity contribution is 5.83. The van der Waals surface area contributed by atoms with Crippen molar-refractivity contribution < 1.29 is 4.42 Å². The molecular formula is C17H17NO. The highest BCUT2D eigenvalue weighted by atomic mass is 16.3. The van der Waals surface area contributed by atoms with Crippen LogP contribution in [0.3, 0.4) is 0 Å². The van der Waals surface area contributed by atoms with Gasteiger partial charge in [-0.1, -0.05) is 43.3 Å². The summed E-state index contributed by atoms with van der Waals surface area (Å²) in [6.45, 7) is 3.04. The van der Waals surface area contributed by atoms with Crippen molar-refractivity contribution in [3.8, 4) is 0 Å². The molecule has 1 heterocycles. The molecule has 2 heteroatoms. The first-order valence-electron chi connectivity index (χ1n) is 6.62. The van der Waals surface area contributed by atoms with Gasteiger partial charge in [-0.3, -0.25) is 0 Å². The van der Waals surface area contributed by atoms with E-state index < -0.39 is 0 Å². The third kappa shape index (κ3) is 2.40. The van der Waals surface area contributed by atoms with E-state index in [4.69, 9.17) is 4.42 Å². The van der Waals surface area contributed by atoms with Crippen molar-refractivity contribution in [2.75, 3.05) is 6.54 Å². The van der Waals surface area contributed by atoms with Gasteiger partial charge >= 0.3 is 0 Å². The van der Waals surface area contributed by atoms with Crippen LogP contribution in [0.4, 0.5) is 0 Å². The van der Waals surface area contributed by atoms with Crippen molar-refractivity contribution in [3.63, 3.8) is 0 Å². The third-order valence-corrected chi connectivity index (χ3v) is 3.39. The van der Waals surface area contributed by atoms with Gasteiger partial charge in [0.2, 0.25) is 0 Å². The third-order valence-electron chi connectivity index (χ3n) is 3.39. The minimum absolute atomic E-state index is 0.188. The molecule has 0 aliphatic carbocycles. The van der Waals surface area contributed by atoms with Crippen LogP contribution in [0.15, 0.2) is 65.5 Å². The standard InChI is InChI=1S/C17H17NO/c1-2-18-17(16-9-10-19-12-16)15-8-7-13-5-3-4-6-14(13)11-15/h3-12,17-18H,2H2,1H3. The van der Waals surface area contributed by atoms with Crippen molar-refractivity contribution in [2.24, 2.45) is 0 Å². The molecule has 0 aliphatic rings. The van der Waals surface area contributed by atoms with Crippen LogP contribution in [-0.2, 0) is 0 Å². The van der Waals surface area contributed by atoms with Gasteiger partial charge in [0, 0.05) is 5.56 Å². The molecule has 3 aromatic rings. The SMILES string of the molecule is CCNC(c1ccoc1)c1ccc2ccccc2c1. The molecule has 0 aliphatic heterocycles. The zero-order valence-electron chi connectivity index (χ0n) is 11.0. The molecule has 0 bridgehead atoms. The number of rotatable bonds is 4. The Bertz CT molecular complexity index is 658. The number of hydrogen-bond donors (Lipinski definition) is 1. The number of hydrogen-bond acceptors (Lipinski definition) is 2. The molecule has 0 saturated heterocycles. The lowest BCUT2D eigenvalue weighted by Gasteiger charge is -2.17. The maximum atomic E-state index is 5.21. The summed E-state index contributed by atoms with van der Waals surface area (Å²) in [5, 5.41) is 6.05. The monoisotopic (exact) mass is 251 g/mol. The second-order valence-corrected chi connectivity index (χ2v) is 4.65. The summed E-state index contributed by atoms with van der Waals surface area (Å²) in [5.41, 5.74) is 2.43. The predicted molar refractivity (Wildman–Crippen MR) is 78.2 cm³/mol. The van der Waals surface area contributed by atoms with Crippen LogP contribution in [-0.4, -0.2) is 6.54 Å². The van der Waals surface area contributed by atoms with Crippen molar-refractivity contribution in [1.29, 1.82) is 0 Å². The van der Waals surface area contributed by atoms with E-state index in [2.05, 4.69) is 54.7 Å². The Morgan fingerprint density at radius 2 is 1.84 bits per heavy atom. The van der Waals surface area contributed by atoms with E-state index in [0.717, 1.165) is 12.1 Å². The fourth-order valence-electron chi connectivity index (χ4n) is 2.46. The Hall–Kier alpha value is -2.06. The first-order valence-corrected chi connectivity index (χ1v) is 6.62. The van der Waals surface area contributed by atoms with Crippen molar-refractivity contribution >= 4 is 10.8 Å². The van der Waals surface area contributed by atoms with Crippen molar-refractivity contribution in [1.82, 2.24) is 5.32 Å². The van der Waals surface area contributed by atoms with Crippen LogP contribution in [0.25, 0.3) is 10.8 Å². The molecule has 1 aromatic heterocycles. The average Bonchev–Trinajstić information content (AvgIpc) is 2.98. The van der Waals surface area contributed by atoms with Gasteiger partial charge in [0.1, 0.15) is 0 Å². The number of fused-ring (bicyclic) bond motifs is 1. The van der Waals surface area contributed by atoms with Gasteiger partial charge in [-0.15, -0.1) is 0 Å². The summed E-state index contributed by atoms with van der Waals surface area (Å²) < 4.78 is 5.21. The molecule has 3 rings (SSSR count). The number of nitrogens with one attached hydrogen (secondary N) is 1. The van der Waals surface area contributed by atoms with Crippen LogP contribution < -0.4 is 5.32 Å². The summed E-state index contributed by atoms with van der Waals surface area (Å²) in [4.78, 5) is 0. The molecule has 96 valence electrons. The Balaban J connectivity index is 2.05. The van der Waals surface area contributed by atoms with Gasteiger partial charge in [-0.2, -0.15) is 0 Å². The molecular weight excluding hydrogens is 234 g/mol. The lowest BCUT2D eigenvalue weighted by atomic mass is 9.98. The summed E-state index contributed by atoms with van der Waals surface area (Å²) in [5.74, 6) is 0. The van der Waals surface area contributed by atoms with E-state index in [0.29, 0.717) is 0 Å². The largest absolute Gasteiger partial charge is 0.472 e. The predicted octanol–water partition coefficient (Wildman–Crippen LogP) is 4.13. The highest BCUT2D eigenvalue weighted by Crippen LogP contribution is 2.25. The first kappa shape index (κ1) is 12.0. The molecule has 1 atom stereocenters. The molecule has 0 radical (unpaired) electrons. The molecule has 0 saturated carbocycles. The van der Waals surface area contributed by atoms with Gasteiger partial charge < -0.3 is 9.73 Å². The quantitative estimate of drug-likeness (QED) is 0.754.